The molecule has 0 aromatic heterocycles. The van der Waals surface area contributed by atoms with Crippen LogP contribution in [0.3, 0.4) is 0 Å². The van der Waals surface area contributed by atoms with Crippen molar-refractivity contribution < 1.29 is 9.90 Å². The zero-order valence-electron chi connectivity index (χ0n) is 10.3. The molecular formula is C11H22N2O2. The van der Waals surface area contributed by atoms with Gasteiger partial charge in [-0.25, -0.2) is 4.79 Å². The van der Waals surface area contributed by atoms with Crippen molar-refractivity contribution in [2.75, 3.05) is 13.1 Å². The molecule has 0 aliphatic carbocycles. The Morgan fingerprint density at radius 3 is 1.93 bits per heavy atom. The fourth-order valence-electron chi connectivity index (χ4n) is 2.37. The van der Waals surface area contributed by atoms with Crippen molar-refractivity contribution in [2.24, 2.45) is 5.92 Å². The van der Waals surface area contributed by atoms with E-state index in [2.05, 4.69) is 5.32 Å². The number of hydrogen-bond donors (Lipinski definition) is 2. The molecule has 2 N–H and O–H groups in total. The molecular weight excluding hydrogens is 192 g/mol. The van der Waals surface area contributed by atoms with E-state index in [1.165, 1.54) is 0 Å². The summed E-state index contributed by atoms with van der Waals surface area (Å²) >= 11 is 0. The van der Waals surface area contributed by atoms with Crippen molar-refractivity contribution in [2.45, 2.75) is 45.7 Å². The lowest BCUT2D eigenvalue weighted by atomic mass is 9.79. The second-order valence-corrected chi connectivity index (χ2v) is 5.80. The second kappa shape index (κ2) is 3.67. The number of carboxylic acid groups (broad SMARTS) is 1. The minimum atomic E-state index is -0.834. The molecule has 1 rings (SSSR count). The summed E-state index contributed by atoms with van der Waals surface area (Å²) in [5, 5.41) is 12.5. The quantitative estimate of drug-likeness (QED) is 0.736. The topological polar surface area (TPSA) is 52.6 Å². The van der Waals surface area contributed by atoms with Crippen molar-refractivity contribution in [1.29, 1.82) is 0 Å². The monoisotopic (exact) mass is 214 g/mol. The molecule has 1 fully saturated rings. The van der Waals surface area contributed by atoms with Gasteiger partial charge in [0.2, 0.25) is 0 Å². The third-order valence-corrected chi connectivity index (χ3v) is 3.22. The van der Waals surface area contributed by atoms with Gasteiger partial charge in [-0.05, 0) is 34.6 Å². The van der Waals surface area contributed by atoms with Crippen LogP contribution in [0.25, 0.3) is 0 Å². The van der Waals surface area contributed by atoms with Gasteiger partial charge in [0.1, 0.15) is 0 Å². The van der Waals surface area contributed by atoms with Crippen LogP contribution in [0, 0.1) is 5.92 Å². The Bertz CT molecular complexity index is 252. The lowest BCUT2D eigenvalue weighted by Crippen LogP contribution is -2.66. The third kappa shape index (κ3) is 2.25. The molecule has 15 heavy (non-hydrogen) atoms. The third-order valence-electron chi connectivity index (χ3n) is 3.22. The van der Waals surface area contributed by atoms with Crippen molar-refractivity contribution in [3.05, 3.63) is 0 Å². The molecule has 1 saturated heterocycles. The van der Waals surface area contributed by atoms with Crippen LogP contribution in [0.15, 0.2) is 0 Å². The van der Waals surface area contributed by atoms with Crippen LogP contribution in [0.5, 0.6) is 0 Å². The summed E-state index contributed by atoms with van der Waals surface area (Å²) < 4.78 is 0. The summed E-state index contributed by atoms with van der Waals surface area (Å²) in [5.41, 5.74) is -0.666. The van der Waals surface area contributed by atoms with Crippen LogP contribution in [0.2, 0.25) is 0 Å². The van der Waals surface area contributed by atoms with Crippen molar-refractivity contribution >= 4 is 6.09 Å². The van der Waals surface area contributed by atoms with Gasteiger partial charge >= 0.3 is 6.09 Å². The Kier molecular flexibility index (Phi) is 3.01. The van der Waals surface area contributed by atoms with E-state index in [-0.39, 0.29) is 11.1 Å². The molecule has 4 nitrogen and oxygen atoms in total. The zero-order chi connectivity index (χ0) is 11.9. The fraction of sp³-hybridized carbons (Fsp3) is 0.909. The zero-order valence-corrected chi connectivity index (χ0v) is 10.3. The first kappa shape index (κ1) is 12.3. The summed E-state index contributed by atoms with van der Waals surface area (Å²) in [6.45, 7) is 11.7. The van der Waals surface area contributed by atoms with Crippen LogP contribution in [-0.4, -0.2) is 40.3 Å². The Balaban J connectivity index is 2.92. The number of carbonyl (C=O) groups is 1. The Labute approximate surface area is 91.6 Å². The van der Waals surface area contributed by atoms with Crippen molar-refractivity contribution in [3.8, 4) is 0 Å². The average Bonchev–Trinajstić information content (AvgIpc) is 1.71. The van der Waals surface area contributed by atoms with E-state index in [1.807, 2.05) is 34.6 Å². The van der Waals surface area contributed by atoms with E-state index in [1.54, 1.807) is 4.90 Å². The molecule has 0 atom stereocenters. The summed E-state index contributed by atoms with van der Waals surface area (Å²) in [4.78, 5) is 12.9. The highest BCUT2D eigenvalue weighted by Gasteiger charge is 2.45. The van der Waals surface area contributed by atoms with Crippen molar-refractivity contribution in [1.82, 2.24) is 10.2 Å². The highest BCUT2D eigenvalue weighted by Crippen LogP contribution is 2.33. The van der Waals surface area contributed by atoms with Crippen LogP contribution in [-0.2, 0) is 0 Å². The molecule has 0 unspecified atom stereocenters. The lowest BCUT2D eigenvalue weighted by molar-refractivity contribution is -0.0113. The smallest absolute Gasteiger partial charge is 0.408 e. The van der Waals surface area contributed by atoms with Crippen LogP contribution in [0.4, 0.5) is 4.79 Å². The van der Waals surface area contributed by atoms with Gasteiger partial charge in [0.25, 0.3) is 0 Å². The van der Waals surface area contributed by atoms with Gasteiger partial charge in [0, 0.05) is 30.1 Å². The first-order valence-corrected chi connectivity index (χ1v) is 5.41. The van der Waals surface area contributed by atoms with E-state index < -0.39 is 6.09 Å². The summed E-state index contributed by atoms with van der Waals surface area (Å²) in [6, 6.07) is 0. The first-order chi connectivity index (χ1) is 6.67. The molecule has 4 heteroatoms. The van der Waals surface area contributed by atoms with E-state index in [9.17, 15) is 9.90 Å². The predicted octanol–water partition coefficient (Wildman–Crippen LogP) is 1.76. The Hall–Kier alpha value is -0.770. The number of rotatable bonds is 2. The Morgan fingerprint density at radius 1 is 1.27 bits per heavy atom. The molecule has 0 aromatic carbocycles. The van der Waals surface area contributed by atoms with Gasteiger partial charge in [-0.1, -0.05) is 0 Å². The summed E-state index contributed by atoms with van der Waals surface area (Å²) in [5.74, 6) is 0.410. The largest absolute Gasteiger partial charge is 0.465 e. The highest BCUT2D eigenvalue weighted by molar-refractivity contribution is 5.67. The molecule has 0 saturated carbocycles. The lowest BCUT2D eigenvalue weighted by Gasteiger charge is -2.52. The summed E-state index contributed by atoms with van der Waals surface area (Å²) in [6.07, 6.45) is -0.834. The molecule has 1 heterocycles. The number of amides is 1. The minimum Gasteiger partial charge on any atom is -0.465 e. The maximum absolute atomic E-state index is 11.3. The fourth-order valence-corrected chi connectivity index (χ4v) is 2.37. The van der Waals surface area contributed by atoms with E-state index in [4.69, 9.17) is 0 Å². The van der Waals surface area contributed by atoms with Gasteiger partial charge in [0.05, 0.1) is 0 Å². The molecule has 1 amide bonds. The Morgan fingerprint density at radius 2 is 1.73 bits per heavy atom. The first-order valence-electron chi connectivity index (χ1n) is 5.41. The van der Waals surface area contributed by atoms with Gasteiger partial charge < -0.3 is 10.4 Å². The van der Waals surface area contributed by atoms with E-state index in [0.717, 1.165) is 13.1 Å². The molecule has 88 valence electrons. The predicted molar refractivity (Wildman–Crippen MR) is 60.1 cm³/mol. The van der Waals surface area contributed by atoms with Crippen LogP contribution < -0.4 is 5.32 Å². The maximum atomic E-state index is 11.3. The molecule has 0 bridgehead atoms. The van der Waals surface area contributed by atoms with Crippen molar-refractivity contribution in [3.63, 3.8) is 0 Å². The van der Waals surface area contributed by atoms with Gasteiger partial charge in [-0.15, -0.1) is 0 Å². The number of hydrogen-bond acceptors (Lipinski definition) is 2. The molecule has 1 aliphatic heterocycles. The van der Waals surface area contributed by atoms with Gasteiger partial charge in [-0.3, -0.25) is 4.90 Å². The normalized spacial score (nSPS) is 18.5. The van der Waals surface area contributed by atoms with Gasteiger partial charge in [-0.2, -0.15) is 0 Å². The molecule has 1 aliphatic rings. The SMILES string of the molecule is CC(C)(C)N(C(=O)O)C(C)(C)C1CNC1. The van der Waals surface area contributed by atoms with Crippen LogP contribution in [0.1, 0.15) is 34.6 Å². The second-order valence-electron chi connectivity index (χ2n) is 5.80. The number of nitrogens with zero attached hydrogens (tertiary/aromatic N) is 1. The highest BCUT2D eigenvalue weighted by atomic mass is 16.4. The van der Waals surface area contributed by atoms with E-state index >= 15 is 0 Å². The van der Waals surface area contributed by atoms with Crippen LogP contribution >= 0.6 is 0 Å². The minimum absolute atomic E-state index is 0.310. The molecule has 0 radical (unpaired) electrons. The number of nitrogens with one attached hydrogen (secondary N) is 1. The summed E-state index contributed by atoms with van der Waals surface area (Å²) in [7, 11) is 0. The molecule has 0 spiro atoms. The average molecular weight is 214 g/mol. The standard InChI is InChI=1S/C11H22N2O2/c1-10(2,3)13(9(14)15)11(4,5)8-6-12-7-8/h8,12H,6-7H2,1-5H3,(H,14,15). The van der Waals surface area contributed by atoms with E-state index in [0.29, 0.717) is 5.92 Å². The van der Waals surface area contributed by atoms with Gasteiger partial charge in [0.15, 0.2) is 0 Å². The molecule has 0 aromatic rings. The maximum Gasteiger partial charge on any atom is 0.408 e.